The van der Waals surface area contributed by atoms with Gasteiger partial charge in [0.2, 0.25) is 5.89 Å². The zero-order valence-electron chi connectivity index (χ0n) is 13.3. The number of aromatic nitrogens is 1. The van der Waals surface area contributed by atoms with Gasteiger partial charge in [0.15, 0.2) is 5.76 Å². The molecule has 0 aliphatic carbocycles. The number of likely N-dealkylation sites (tertiary alicyclic amines) is 1. The Morgan fingerprint density at radius 3 is 2.79 bits per heavy atom. The predicted octanol–water partition coefficient (Wildman–Crippen LogP) is 2.52. The number of carbonyl (C=O) groups is 2. The molecule has 2 unspecified atom stereocenters. The number of aliphatic carboxylic acids is 1. The van der Waals surface area contributed by atoms with Gasteiger partial charge in [-0.05, 0) is 13.3 Å². The van der Waals surface area contributed by atoms with Crippen LogP contribution in [0.5, 0.6) is 0 Å². The van der Waals surface area contributed by atoms with Crippen LogP contribution in [0.1, 0.15) is 25.3 Å². The molecule has 0 bridgehead atoms. The van der Waals surface area contributed by atoms with Crippen molar-refractivity contribution >= 4 is 12.0 Å². The van der Waals surface area contributed by atoms with Gasteiger partial charge in [-0.2, -0.15) is 0 Å². The summed E-state index contributed by atoms with van der Waals surface area (Å²) in [5.74, 6) is -0.300. The first kappa shape index (κ1) is 16.0. The highest BCUT2D eigenvalue weighted by molar-refractivity contribution is 5.77. The molecule has 1 fully saturated rings. The van der Waals surface area contributed by atoms with Crippen molar-refractivity contribution in [2.45, 2.75) is 19.4 Å². The summed E-state index contributed by atoms with van der Waals surface area (Å²) < 4.78 is 5.72. The van der Waals surface area contributed by atoms with Gasteiger partial charge in [-0.1, -0.05) is 30.3 Å². The smallest absolute Gasteiger partial charge is 0.318 e. The van der Waals surface area contributed by atoms with E-state index >= 15 is 0 Å². The number of nitrogens with zero attached hydrogens (tertiary/aromatic N) is 2. The standard InChI is InChI=1S/C17H19N3O4/c1-11(19-17(23)20-8-7-13(10-20)16(21)22)15-18-9-14(24-15)12-5-3-2-4-6-12/h2-6,9,11,13H,7-8,10H2,1H3,(H,19,23)(H,21,22). The lowest BCUT2D eigenvalue weighted by atomic mass is 10.1. The number of oxazole rings is 1. The van der Waals surface area contributed by atoms with E-state index < -0.39 is 17.9 Å². The first-order valence-electron chi connectivity index (χ1n) is 7.84. The summed E-state index contributed by atoms with van der Waals surface area (Å²) in [6, 6.07) is 8.88. The Kier molecular flexibility index (Phi) is 4.50. The second-order valence-corrected chi connectivity index (χ2v) is 5.87. The monoisotopic (exact) mass is 329 g/mol. The molecule has 24 heavy (non-hydrogen) atoms. The summed E-state index contributed by atoms with van der Waals surface area (Å²) in [6.07, 6.45) is 2.11. The summed E-state index contributed by atoms with van der Waals surface area (Å²) in [5, 5.41) is 11.8. The lowest BCUT2D eigenvalue weighted by Gasteiger charge is -2.19. The van der Waals surface area contributed by atoms with E-state index in [1.165, 1.54) is 4.90 Å². The normalized spacial score (nSPS) is 18.4. The van der Waals surface area contributed by atoms with Crippen molar-refractivity contribution in [3.63, 3.8) is 0 Å². The molecule has 1 aliphatic heterocycles. The molecular weight excluding hydrogens is 310 g/mol. The van der Waals surface area contributed by atoms with Crippen LogP contribution < -0.4 is 5.32 Å². The fourth-order valence-electron chi connectivity index (χ4n) is 2.71. The molecule has 7 nitrogen and oxygen atoms in total. The van der Waals surface area contributed by atoms with E-state index in [0.29, 0.717) is 24.6 Å². The first-order valence-corrected chi connectivity index (χ1v) is 7.84. The van der Waals surface area contributed by atoms with Crippen LogP contribution in [0, 0.1) is 5.92 Å². The first-order chi connectivity index (χ1) is 11.5. The Labute approximate surface area is 139 Å². The number of nitrogens with one attached hydrogen (secondary N) is 1. The third-order valence-electron chi connectivity index (χ3n) is 4.12. The van der Waals surface area contributed by atoms with Crippen LogP contribution in [0.25, 0.3) is 11.3 Å². The average Bonchev–Trinajstić information content (AvgIpc) is 3.25. The predicted molar refractivity (Wildman–Crippen MR) is 86.2 cm³/mol. The van der Waals surface area contributed by atoms with Crippen LogP contribution in [0.3, 0.4) is 0 Å². The zero-order valence-corrected chi connectivity index (χ0v) is 13.3. The van der Waals surface area contributed by atoms with Crippen LogP contribution in [0.15, 0.2) is 40.9 Å². The topological polar surface area (TPSA) is 95.7 Å². The second-order valence-electron chi connectivity index (χ2n) is 5.87. The van der Waals surface area contributed by atoms with Crippen molar-refractivity contribution in [2.75, 3.05) is 13.1 Å². The fraction of sp³-hybridized carbons (Fsp3) is 0.353. The number of hydrogen-bond donors (Lipinski definition) is 2. The molecule has 0 saturated carbocycles. The number of urea groups is 1. The van der Waals surface area contributed by atoms with Crippen molar-refractivity contribution in [3.05, 3.63) is 42.4 Å². The number of benzene rings is 1. The van der Waals surface area contributed by atoms with Crippen molar-refractivity contribution < 1.29 is 19.1 Å². The molecule has 1 saturated heterocycles. The molecule has 1 aromatic carbocycles. The maximum Gasteiger partial charge on any atom is 0.318 e. The molecule has 0 spiro atoms. The highest BCUT2D eigenvalue weighted by atomic mass is 16.4. The minimum absolute atomic E-state index is 0.231. The number of hydrogen-bond acceptors (Lipinski definition) is 4. The number of carboxylic acid groups (broad SMARTS) is 1. The van der Waals surface area contributed by atoms with Crippen molar-refractivity contribution in [3.8, 4) is 11.3 Å². The van der Waals surface area contributed by atoms with Gasteiger partial charge in [-0.3, -0.25) is 4.79 Å². The molecule has 1 aromatic heterocycles. The third kappa shape index (κ3) is 3.40. The Morgan fingerprint density at radius 1 is 1.38 bits per heavy atom. The summed E-state index contributed by atoms with van der Waals surface area (Å²) in [4.78, 5) is 28.9. The Hall–Kier alpha value is -2.83. The van der Waals surface area contributed by atoms with E-state index in [1.54, 1.807) is 13.1 Å². The van der Waals surface area contributed by atoms with Gasteiger partial charge in [-0.15, -0.1) is 0 Å². The van der Waals surface area contributed by atoms with Gasteiger partial charge in [0.05, 0.1) is 12.1 Å². The second kappa shape index (κ2) is 6.74. The minimum Gasteiger partial charge on any atom is -0.481 e. The summed E-state index contributed by atoms with van der Waals surface area (Å²) in [6.45, 7) is 2.45. The van der Waals surface area contributed by atoms with E-state index in [-0.39, 0.29) is 12.6 Å². The van der Waals surface area contributed by atoms with Crippen LogP contribution in [0.2, 0.25) is 0 Å². The minimum atomic E-state index is -0.862. The van der Waals surface area contributed by atoms with Gasteiger partial charge < -0.3 is 19.7 Å². The highest BCUT2D eigenvalue weighted by Crippen LogP contribution is 2.23. The molecule has 3 rings (SSSR count). The quantitative estimate of drug-likeness (QED) is 0.898. The fourth-order valence-corrected chi connectivity index (χ4v) is 2.71. The molecule has 0 radical (unpaired) electrons. The van der Waals surface area contributed by atoms with Gasteiger partial charge >= 0.3 is 12.0 Å². The molecule has 1 aliphatic rings. The average molecular weight is 329 g/mol. The van der Waals surface area contributed by atoms with Gasteiger partial charge in [0.1, 0.15) is 6.04 Å². The third-order valence-corrected chi connectivity index (χ3v) is 4.12. The molecule has 2 N–H and O–H groups in total. The van der Waals surface area contributed by atoms with E-state index in [1.807, 2.05) is 30.3 Å². The maximum atomic E-state index is 12.2. The van der Waals surface area contributed by atoms with Crippen molar-refractivity contribution in [2.24, 2.45) is 5.92 Å². The van der Waals surface area contributed by atoms with E-state index in [0.717, 1.165) is 5.56 Å². The van der Waals surface area contributed by atoms with E-state index in [9.17, 15) is 9.59 Å². The number of carbonyl (C=O) groups excluding carboxylic acids is 1. The van der Waals surface area contributed by atoms with E-state index in [2.05, 4.69) is 10.3 Å². The SMILES string of the molecule is CC(NC(=O)N1CCC(C(=O)O)C1)c1ncc(-c2ccccc2)o1. The largest absolute Gasteiger partial charge is 0.481 e. The lowest BCUT2D eigenvalue weighted by Crippen LogP contribution is -2.40. The number of amides is 2. The molecule has 7 heteroatoms. The Morgan fingerprint density at radius 2 is 2.12 bits per heavy atom. The van der Waals surface area contributed by atoms with Crippen molar-refractivity contribution in [1.29, 1.82) is 0 Å². The van der Waals surface area contributed by atoms with Crippen molar-refractivity contribution in [1.82, 2.24) is 15.2 Å². The van der Waals surface area contributed by atoms with Gasteiger partial charge in [0, 0.05) is 18.7 Å². The van der Waals surface area contributed by atoms with Gasteiger partial charge in [-0.25, -0.2) is 9.78 Å². The molecular formula is C17H19N3O4. The molecule has 2 heterocycles. The summed E-state index contributed by atoms with van der Waals surface area (Å²) in [7, 11) is 0. The van der Waals surface area contributed by atoms with Crippen LogP contribution in [-0.4, -0.2) is 40.1 Å². The van der Waals surface area contributed by atoms with Gasteiger partial charge in [0.25, 0.3) is 0 Å². The van der Waals surface area contributed by atoms with Crippen LogP contribution in [-0.2, 0) is 4.79 Å². The van der Waals surface area contributed by atoms with Crippen LogP contribution in [0.4, 0.5) is 4.79 Å². The zero-order chi connectivity index (χ0) is 17.1. The molecule has 2 amide bonds. The lowest BCUT2D eigenvalue weighted by molar-refractivity contribution is -0.141. The van der Waals surface area contributed by atoms with E-state index in [4.69, 9.17) is 9.52 Å². The Bertz CT molecular complexity index is 728. The summed E-state index contributed by atoms with van der Waals surface area (Å²) in [5.41, 5.74) is 0.915. The maximum absolute atomic E-state index is 12.2. The Balaban J connectivity index is 1.61. The summed E-state index contributed by atoms with van der Waals surface area (Å²) >= 11 is 0. The number of rotatable bonds is 4. The highest BCUT2D eigenvalue weighted by Gasteiger charge is 2.31. The molecule has 126 valence electrons. The van der Waals surface area contributed by atoms with Crippen LogP contribution >= 0.6 is 0 Å². The molecule has 2 atom stereocenters. The molecule has 2 aromatic rings. The number of carboxylic acids is 1.